The lowest BCUT2D eigenvalue weighted by molar-refractivity contribution is -0.385. The number of azide groups is 1. The van der Waals surface area contributed by atoms with Gasteiger partial charge in [0.05, 0.1) is 22.6 Å². The normalized spacial score (nSPS) is 20.9. The Hall–Kier alpha value is -2.22. The number of nitrogens with zero attached hydrogens (tertiary/aromatic N) is 5. The van der Waals surface area contributed by atoms with Crippen molar-refractivity contribution in [1.29, 1.82) is 0 Å². The smallest absolute Gasteiger partial charge is 0.294 e. The summed E-state index contributed by atoms with van der Waals surface area (Å²) in [5, 5.41) is 15.2. The molecule has 1 aromatic rings. The molecule has 2 atom stereocenters. The average molecular weight is 376 g/mol. The number of rotatable bonds is 5. The molecular formula is C17H25N5O3Si. The van der Waals surface area contributed by atoms with E-state index in [1.165, 1.54) is 12.4 Å². The zero-order chi connectivity index (χ0) is 19.5. The van der Waals surface area contributed by atoms with Gasteiger partial charge in [-0.1, -0.05) is 32.0 Å². The molecule has 0 saturated carbocycles. The third kappa shape index (κ3) is 4.30. The maximum absolute atomic E-state index is 11.3. The van der Waals surface area contributed by atoms with Crippen LogP contribution in [0.1, 0.15) is 39.2 Å². The van der Waals surface area contributed by atoms with E-state index in [4.69, 9.17) is 9.96 Å². The van der Waals surface area contributed by atoms with Crippen LogP contribution in [0.3, 0.4) is 0 Å². The first kappa shape index (κ1) is 20.1. The molecule has 9 heteroatoms. The van der Waals surface area contributed by atoms with E-state index >= 15 is 0 Å². The minimum Gasteiger partial charge on any atom is -0.413 e. The fourth-order valence-corrected chi connectivity index (χ4v) is 4.11. The molecule has 1 heterocycles. The topological polar surface area (TPSA) is 114 Å². The van der Waals surface area contributed by atoms with Gasteiger partial charge in [0.2, 0.25) is 0 Å². The predicted molar refractivity (Wildman–Crippen MR) is 103 cm³/mol. The first-order chi connectivity index (χ1) is 12.1. The third-order valence-electron chi connectivity index (χ3n) is 5.23. The van der Waals surface area contributed by atoms with Crippen molar-refractivity contribution in [1.82, 2.24) is 4.98 Å². The second-order valence-electron chi connectivity index (χ2n) is 7.99. The Labute approximate surface area is 154 Å². The molecule has 0 fully saturated rings. The molecule has 1 aliphatic rings. The highest BCUT2D eigenvalue weighted by atomic mass is 28.4. The summed E-state index contributed by atoms with van der Waals surface area (Å²) in [5.74, 6) is 0. The minimum absolute atomic E-state index is 0.0396. The molecule has 0 radical (unpaired) electrons. The van der Waals surface area contributed by atoms with Gasteiger partial charge < -0.3 is 4.43 Å². The summed E-state index contributed by atoms with van der Waals surface area (Å²) >= 11 is 0. The molecule has 0 N–H and O–H groups in total. The van der Waals surface area contributed by atoms with Crippen LogP contribution < -0.4 is 0 Å². The highest BCUT2D eigenvalue weighted by molar-refractivity contribution is 6.74. The molecule has 0 aliphatic heterocycles. The van der Waals surface area contributed by atoms with E-state index in [0.717, 1.165) is 5.57 Å². The van der Waals surface area contributed by atoms with Crippen LogP contribution >= 0.6 is 0 Å². The largest absolute Gasteiger partial charge is 0.413 e. The van der Waals surface area contributed by atoms with Crippen LogP contribution in [0.5, 0.6) is 0 Å². The summed E-state index contributed by atoms with van der Waals surface area (Å²) in [7, 11) is -2.02. The van der Waals surface area contributed by atoms with Crippen molar-refractivity contribution < 1.29 is 9.35 Å². The second kappa shape index (κ2) is 7.57. The van der Waals surface area contributed by atoms with Gasteiger partial charge in [0.1, 0.15) is 6.20 Å². The number of pyridine rings is 1. The Balaban J connectivity index is 2.36. The Morgan fingerprint density at radius 1 is 1.46 bits per heavy atom. The van der Waals surface area contributed by atoms with Crippen molar-refractivity contribution in [3.63, 3.8) is 0 Å². The fourth-order valence-electron chi connectivity index (χ4n) is 2.74. The van der Waals surface area contributed by atoms with Crippen LogP contribution in [-0.4, -0.2) is 30.4 Å². The van der Waals surface area contributed by atoms with Crippen molar-refractivity contribution in [3.05, 3.63) is 50.7 Å². The summed E-state index contributed by atoms with van der Waals surface area (Å²) in [5.41, 5.74) is 10.2. The highest BCUT2D eigenvalue weighted by Crippen LogP contribution is 2.41. The summed E-state index contributed by atoms with van der Waals surface area (Å²) in [6.45, 7) is 10.8. The van der Waals surface area contributed by atoms with Crippen molar-refractivity contribution in [2.75, 3.05) is 0 Å². The van der Waals surface area contributed by atoms with Crippen molar-refractivity contribution >= 4 is 19.6 Å². The molecule has 0 bridgehead atoms. The van der Waals surface area contributed by atoms with Crippen LogP contribution in [0.4, 0.5) is 5.69 Å². The maximum atomic E-state index is 11.3. The van der Waals surface area contributed by atoms with E-state index < -0.39 is 19.3 Å². The lowest BCUT2D eigenvalue weighted by Crippen LogP contribution is -2.47. The molecular weight excluding hydrogens is 350 g/mol. The van der Waals surface area contributed by atoms with E-state index in [1.54, 1.807) is 6.07 Å². The predicted octanol–water partition coefficient (Wildman–Crippen LogP) is 5.24. The zero-order valence-corrected chi connectivity index (χ0v) is 16.8. The van der Waals surface area contributed by atoms with E-state index in [0.29, 0.717) is 18.4 Å². The summed E-state index contributed by atoms with van der Waals surface area (Å²) in [6.07, 6.45) is 5.66. The van der Waals surface area contributed by atoms with E-state index in [2.05, 4.69) is 48.9 Å². The van der Waals surface area contributed by atoms with Gasteiger partial charge in [-0.2, -0.15) is 0 Å². The molecule has 1 aromatic heterocycles. The molecule has 0 saturated heterocycles. The zero-order valence-electron chi connectivity index (χ0n) is 15.8. The van der Waals surface area contributed by atoms with E-state index in [-0.39, 0.29) is 16.8 Å². The van der Waals surface area contributed by atoms with Crippen LogP contribution in [0.15, 0.2) is 29.7 Å². The Morgan fingerprint density at radius 3 is 2.73 bits per heavy atom. The Morgan fingerprint density at radius 2 is 2.15 bits per heavy atom. The van der Waals surface area contributed by atoms with Gasteiger partial charge in [0.15, 0.2) is 8.32 Å². The molecule has 2 rings (SSSR count). The highest BCUT2D eigenvalue weighted by Gasteiger charge is 2.41. The molecule has 1 aliphatic carbocycles. The number of nitro groups is 1. The number of allylic oxidation sites excluding steroid dienone is 1. The first-order valence-corrected chi connectivity index (χ1v) is 11.5. The number of hydrogen-bond acceptors (Lipinski definition) is 5. The second-order valence-corrected chi connectivity index (χ2v) is 12.7. The Kier molecular flexibility index (Phi) is 5.85. The van der Waals surface area contributed by atoms with Gasteiger partial charge in [0.25, 0.3) is 5.69 Å². The van der Waals surface area contributed by atoms with E-state index in [9.17, 15) is 10.1 Å². The van der Waals surface area contributed by atoms with Gasteiger partial charge >= 0.3 is 0 Å². The summed E-state index contributed by atoms with van der Waals surface area (Å²) < 4.78 is 6.45. The van der Waals surface area contributed by atoms with Crippen LogP contribution in [0.25, 0.3) is 16.0 Å². The Bertz CT molecular complexity index is 766. The molecule has 140 valence electrons. The quantitative estimate of drug-likeness (QED) is 0.175. The summed E-state index contributed by atoms with van der Waals surface area (Å²) in [4.78, 5) is 17.6. The van der Waals surface area contributed by atoms with Crippen LogP contribution in [-0.2, 0) is 4.43 Å². The third-order valence-corrected chi connectivity index (χ3v) is 9.74. The standard InChI is InChI=1S/C17H25N5O3Si/c1-17(2,3)26(4,5)25-16-7-6-12(10-14(16)20-21-18)13-8-9-19-11-15(13)22(23)24/h8-11,14,16H,6-7H2,1-5H3/t14-,16+/m1/s1. The number of aromatic nitrogens is 1. The van der Waals surface area contributed by atoms with Gasteiger partial charge in [-0.05, 0) is 48.1 Å². The van der Waals surface area contributed by atoms with Crippen LogP contribution in [0.2, 0.25) is 18.1 Å². The SMILES string of the molecule is CC(C)(C)[Si](C)(C)O[C@H]1CCC(c2ccncc2[N+](=O)[O-])=C[C@H]1N=[N+]=[N-]. The van der Waals surface area contributed by atoms with Gasteiger partial charge in [-0.25, -0.2) is 0 Å². The fraction of sp³-hybridized carbons (Fsp3) is 0.588. The maximum Gasteiger partial charge on any atom is 0.294 e. The van der Waals surface area contributed by atoms with Crippen molar-refractivity contribution in [2.24, 2.45) is 5.11 Å². The lowest BCUT2D eigenvalue weighted by atomic mass is 9.89. The van der Waals surface area contributed by atoms with E-state index in [1.807, 2.05) is 6.08 Å². The summed E-state index contributed by atoms with van der Waals surface area (Å²) in [6, 6.07) is 1.15. The van der Waals surface area contributed by atoms with Gasteiger partial charge in [-0.15, -0.1) is 0 Å². The molecule has 0 spiro atoms. The minimum atomic E-state index is -2.02. The lowest BCUT2D eigenvalue weighted by Gasteiger charge is -2.41. The van der Waals surface area contributed by atoms with Crippen LogP contribution in [0, 0.1) is 10.1 Å². The molecule has 8 nitrogen and oxygen atoms in total. The van der Waals surface area contributed by atoms with Gasteiger partial charge in [0, 0.05) is 11.1 Å². The molecule has 0 amide bonds. The molecule has 0 unspecified atom stereocenters. The average Bonchev–Trinajstić information content (AvgIpc) is 2.55. The van der Waals surface area contributed by atoms with Crippen molar-refractivity contribution in [3.8, 4) is 0 Å². The molecule has 26 heavy (non-hydrogen) atoms. The van der Waals surface area contributed by atoms with Gasteiger partial charge in [-0.3, -0.25) is 15.1 Å². The number of hydrogen-bond donors (Lipinski definition) is 0. The first-order valence-electron chi connectivity index (χ1n) is 8.58. The monoisotopic (exact) mass is 375 g/mol. The van der Waals surface area contributed by atoms with Crippen molar-refractivity contribution in [2.45, 2.75) is 63.9 Å². The molecule has 0 aromatic carbocycles.